The van der Waals surface area contributed by atoms with Crippen molar-refractivity contribution in [2.24, 2.45) is 0 Å². The number of piperazine rings is 1. The van der Waals surface area contributed by atoms with E-state index in [0.29, 0.717) is 29.8 Å². The second-order valence-electron chi connectivity index (χ2n) is 5.52. The van der Waals surface area contributed by atoms with Gasteiger partial charge in [-0.3, -0.25) is 14.7 Å². The quantitative estimate of drug-likeness (QED) is 0.802. The largest absolute Gasteiger partial charge is 0.495 e. The number of anilines is 1. The number of aromatic nitrogens is 3. The maximum absolute atomic E-state index is 12.5. The van der Waals surface area contributed by atoms with E-state index in [-0.39, 0.29) is 24.1 Å². The number of aryl methyl sites for hydroxylation is 1. The summed E-state index contributed by atoms with van der Waals surface area (Å²) in [5.41, 5.74) is 0.729. The number of hydrogen-bond acceptors (Lipinski definition) is 6. The van der Waals surface area contributed by atoms with Crippen LogP contribution in [0.1, 0.15) is 5.82 Å². The summed E-state index contributed by atoms with van der Waals surface area (Å²) in [6, 6.07) is 7.37. The van der Waals surface area contributed by atoms with E-state index in [4.69, 9.17) is 4.74 Å². The third-order valence-electron chi connectivity index (χ3n) is 3.85. The van der Waals surface area contributed by atoms with Gasteiger partial charge in [0.1, 0.15) is 18.1 Å². The number of aromatic amines is 1. The zero-order valence-electron chi connectivity index (χ0n) is 14.1. The van der Waals surface area contributed by atoms with Crippen LogP contribution in [0.15, 0.2) is 29.4 Å². The van der Waals surface area contributed by atoms with Crippen LogP contribution in [0, 0.1) is 6.92 Å². The van der Waals surface area contributed by atoms with Crippen molar-refractivity contribution < 1.29 is 14.3 Å². The van der Waals surface area contributed by atoms with Crippen LogP contribution in [-0.2, 0) is 9.59 Å². The van der Waals surface area contributed by atoms with Crippen LogP contribution in [0.5, 0.6) is 5.75 Å². The summed E-state index contributed by atoms with van der Waals surface area (Å²) in [5, 5.41) is 7.25. The fourth-order valence-corrected chi connectivity index (χ4v) is 3.34. The van der Waals surface area contributed by atoms with E-state index in [1.807, 2.05) is 24.3 Å². The van der Waals surface area contributed by atoms with Crippen LogP contribution in [0.2, 0.25) is 0 Å². The minimum Gasteiger partial charge on any atom is -0.495 e. The average molecular weight is 361 g/mol. The number of para-hydroxylation sites is 2. The summed E-state index contributed by atoms with van der Waals surface area (Å²) in [6.07, 6.45) is 0. The van der Waals surface area contributed by atoms with Gasteiger partial charge in [0.25, 0.3) is 0 Å². The molecule has 1 aliphatic rings. The van der Waals surface area contributed by atoms with Gasteiger partial charge in [-0.25, -0.2) is 4.98 Å². The summed E-state index contributed by atoms with van der Waals surface area (Å²) in [4.78, 5) is 32.2. The molecule has 1 saturated heterocycles. The molecule has 0 radical (unpaired) electrons. The van der Waals surface area contributed by atoms with E-state index in [9.17, 15) is 9.59 Å². The van der Waals surface area contributed by atoms with E-state index in [0.717, 1.165) is 5.69 Å². The molecular formula is C16H19N5O3S. The first-order chi connectivity index (χ1) is 12.1. The molecule has 1 aliphatic heterocycles. The van der Waals surface area contributed by atoms with Gasteiger partial charge in [-0.15, -0.1) is 5.10 Å². The van der Waals surface area contributed by atoms with Gasteiger partial charge in [0, 0.05) is 13.1 Å². The van der Waals surface area contributed by atoms with Crippen molar-refractivity contribution in [2.75, 3.05) is 37.4 Å². The molecule has 1 fully saturated rings. The minimum atomic E-state index is -0.122. The number of ether oxygens (including phenoxy) is 1. The molecule has 0 atom stereocenters. The van der Waals surface area contributed by atoms with Crippen LogP contribution in [0.25, 0.3) is 0 Å². The molecule has 0 bridgehead atoms. The first-order valence-electron chi connectivity index (χ1n) is 7.81. The Morgan fingerprint density at radius 1 is 1.36 bits per heavy atom. The molecule has 1 aromatic carbocycles. The Morgan fingerprint density at radius 3 is 2.84 bits per heavy atom. The number of rotatable bonds is 5. The van der Waals surface area contributed by atoms with Gasteiger partial charge in [0.05, 0.1) is 18.6 Å². The highest BCUT2D eigenvalue weighted by Crippen LogP contribution is 2.29. The molecule has 1 aromatic heterocycles. The molecule has 0 saturated carbocycles. The summed E-state index contributed by atoms with van der Waals surface area (Å²) >= 11 is 1.26. The number of hydrogen-bond donors (Lipinski definition) is 1. The molecule has 0 unspecified atom stereocenters. The van der Waals surface area contributed by atoms with Crippen molar-refractivity contribution >= 4 is 29.3 Å². The van der Waals surface area contributed by atoms with Crippen molar-refractivity contribution in [2.45, 2.75) is 12.1 Å². The van der Waals surface area contributed by atoms with E-state index in [1.165, 1.54) is 11.8 Å². The highest BCUT2D eigenvalue weighted by atomic mass is 32.2. The van der Waals surface area contributed by atoms with E-state index >= 15 is 0 Å². The molecule has 132 valence electrons. The smallest absolute Gasteiger partial charge is 0.246 e. The lowest BCUT2D eigenvalue weighted by Gasteiger charge is -2.34. The Morgan fingerprint density at radius 2 is 2.16 bits per heavy atom. The van der Waals surface area contributed by atoms with Gasteiger partial charge in [-0.2, -0.15) is 0 Å². The van der Waals surface area contributed by atoms with E-state index in [1.54, 1.807) is 23.8 Å². The van der Waals surface area contributed by atoms with Gasteiger partial charge < -0.3 is 14.5 Å². The number of amides is 2. The number of H-pyrrole nitrogens is 1. The Kier molecular flexibility index (Phi) is 5.22. The lowest BCUT2D eigenvalue weighted by atomic mass is 10.2. The van der Waals surface area contributed by atoms with Crippen molar-refractivity contribution in [3.05, 3.63) is 30.1 Å². The lowest BCUT2D eigenvalue weighted by molar-refractivity contribution is -0.134. The van der Waals surface area contributed by atoms with Crippen LogP contribution in [-0.4, -0.2) is 64.4 Å². The normalized spacial score (nSPS) is 14.7. The summed E-state index contributed by atoms with van der Waals surface area (Å²) in [5.74, 6) is 1.34. The van der Waals surface area contributed by atoms with Gasteiger partial charge >= 0.3 is 0 Å². The van der Waals surface area contributed by atoms with Crippen LogP contribution >= 0.6 is 11.8 Å². The summed E-state index contributed by atoms with van der Waals surface area (Å²) in [7, 11) is 1.57. The molecule has 2 heterocycles. The summed E-state index contributed by atoms with van der Waals surface area (Å²) < 4.78 is 5.32. The molecule has 3 rings (SSSR count). The molecule has 2 amide bonds. The van der Waals surface area contributed by atoms with Crippen LogP contribution < -0.4 is 9.64 Å². The monoisotopic (exact) mass is 361 g/mol. The van der Waals surface area contributed by atoms with Gasteiger partial charge in [-0.05, 0) is 19.1 Å². The molecule has 8 nitrogen and oxygen atoms in total. The molecule has 9 heteroatoms. The van der Waals surface area contributed by atoms with Crippen molar-refractivity contribution in [3.8, 4) is 5.75 Å². The number of benzene rings is 1. The number of carbonyl (C=O) groups is 2. The number of thioether (sulfide) groups is 1. The fourth-order valence-electron chi connectivity index (χ4n) is 2.60. The maximum Gasteiger partial charge on any atom is 0.246 e. The molecular weight excluding hydrogens is 342 g/mol. The van der Waals surface area contributed by atoms with Gasteiger partial charge in [-0.1, -0.05) is 23.9 Å². The first kappa shape index (κ1) is 17.3. The molecule has 0 spiro atoms. The van der Waals surface area contributed by atoms with Crippen molar-refractivity contribution in [1.29, 1.82) is 0 Å². The highest BCUT2D eigenvalue weighted by molar-refractivity contribution is 7.99. The van der Waals surface area contributed by atoms with E-state index < -0.39 is 0 Å². The Hall–Kier alpha value is -2.55. The Labute approximate surface area is 149 Å². The second kappa shape index (κ2) is 7.56. The van der Waals surface area contributed by atoms with Crippen molar-refractivity contribution in [1.82, 2.24) is 20.1 Å². The Balaban J connectivity index is 1.59. The lowest BCUT2D eigenvalue weighted by Crippen LogP contribution is -2.53. The fraction of sp³-hybridized carbons (Fsp3) is 0.375. The second-order valence-corrected chi connectivity index (χ2v) is 6.47. The number of carbonyl (C=O) groups excluding carboxylic acids is 2. The first-order valence-corrected chi connectivity index (χ1v) is 8.80. The van der Waals surface area contributed by atoms with E-state index in [2.05, 4.69) is 15.2 Å². The maximum atomic E-state index is 12.5. The zero-order chi connectivity index (χ0) is 17.8. The predicted octanol–water partition coefficient (Wildman–Crippen LogP) is 1.09. The highest BCUT2D eigenvalue weighted by Gasteiger charge is 2.29. The number of methoxy groups -OCH3 is 1. The Bertz CT molecular complexity index is 779. The molecule has 25 heavy (non-hydrogen) atoms. The van der Waals surface area contributed by atoms with Crippen LogP contribution in [0.3, 0.4) is 0 Å². The zero-order valence-corrected chi connectivity index (χ0v) is 14.9. The topological polar surface area (TPSA) is 91.4 Å². The third-order valence-corrected chi connectivity index (χ3v) is 4.68. The number of nitrogens with one attached hydrogen (secondary N) is 1. The van der Waals surface area contributed by atoms with Crippen molar-refractivity contribution in [3.63, 3.8) is 0 Å². The number of nitrogens with zero attached hydrogens (tertiary/aromatic N) is 4. The standard InChI is InChI=1S/C16H19N5O3S/c1-11-17-16(19-18-11)25-10-15(23)20-7-8-21(14(22)9-20)12-5-3-4-6-13(12)24-2/h3-6H,7-10H2,1-2H3,(H,17,18,19). The molecule has 2 aromatic rings. The third kappa shape index (κ3) is 3.93. The minimum absolute atomic E-state index is 0.0600. The van der Waals surface area contributed by atoms with Gasteiger partial charge in [0.15, 0.2) is 0 Å². The summed E-state index contributed by atoms with van der Waals surface area (Å²) in [6.45, 7) is 2.78. The average Bonchev–Trinajstić information content (AvgIpc) is 3.05. The van der Waals surface area contributed by atoms with Crippen LogP contribution in [0.4, 0.5) is 5.69 Å². The molecule has 1 N–H and O–H groups in total. The SMILES string of the molecule is COc1ccccc1N1CCN(C(=O)CSc2n[nH]c(C)n2)CC1=O. The molecule has 0 aliphatic carbocycles. The van der Waals surface area contributed by atoms with Gasteiger partial charge in [0.2, 0.25) is 17.0 Å². The predicted molar refractivity (Wildman–Crippen MR) is 93.8 cm³/mol.